The van der Waals surface area contributed by atoms with Crippen LogP contribution in [0.2, 0.25) is 0 Å². The minimum absolute atomic E-state index is 0.233. The molecule has 18 heavy (non-hydrogen) atoms. The summed E-state index contributed by atoms with van der Waals surface area (Å²) in [6, 6.07) is 10.7. The van der Waals surface area contributed by atoms with Gasteiger partial charge in [0.1, 0.15) is 0 Å². The number of rotatable bonds is 1. The molecule has 0 amide bonds. The van der Waals surface area contributed by atoms with E-state index in [2.05, 4.69) is 28.8 Å². The zero-order valence-corrected chi connectivity index (χ0v) is 11.1. The van der Waals surface area contributed by atoms with Crippen LogP contribution in [-0.4, -0.2) is 9.67 Å². The van der Waals surface area contributed by atoms with E-state index in [4.69, 9.17) is 12.2 Å². The first kappa shape index (κ1) is 11.5. The van der Waals surface area contributed by atoms with Crippen LogP contribution in [-0.2, 0) is 6.42 Å². The van der Waals surface area contributed by atoms with Crippen LogP contribution in [0.25, 0.3) is 0 Å². The molecule has 2 nitrogen and oxygen atoms in total. The Hall–Kier alpha value is -1.61. The first-order valence-electron chi connectivity index (χ1n) is 6.17. The first-order chi connectivity index (χ1) is 8.68. The third kappa shape index (κ3) is 1.66. The highest BCUT2D eigenvalue weighted by molar-refractivity contribution is 7.71. The van der Waals surface area contributed by atoms with E-state index in [1.165, 1.54) is 11.1 Å². The van der Waals surface area contributed by atoms with Gasteiger partial charge in [-0.3, -0.25) is 0 Å². The van der Waals surface area contributed by atoms with Crippen molar-refractivity contribution in [3.05, 3.63) is 57.9 Å². The summed E-state index contributed by atoms with van der Waals surface area (Å²) >= 11 is 5.09. The Morgan fingerprint density at radius 3 is 2.89 bits per heavy atom. The molecule has 1 aromatic heterocycles. The van der Waals surface area contributed by atoms with Gasteiger partial charge in [0.2, 0.25) is 0 Å². The molecular formula is C15H15NOS. The molecule has 0 spiro atoms. The van der Waals surface area contributed by atoms with Gasteiger partial charge in [-0.15, -0.1) is 0 Å². The van der Waals surface area contributed by atoms with Crippen molar-refractivity contribution < 1.29 is 5.11 Å². The van der Waals surface area contributed by atoms with E-state index in [0.29, 0.717) is 10.6 Å². The van der Waals surface area contributed by atoms with Crippen LogP contribution in [0.5, 0.6) is 5.75 Å². The molecule has 1 aromatic carbocycles. The van der Waals surface area contributed by atoms with Crippen molar-refractivity contribution in [2.75, 3.05) is 0 Å². The summed E-state index contributed by atoms with van der Waals surface area (Å²) in [4.78, 5) is 0. The SMILES string of the molecule is Cc1c(O)c(=S)ccn1C1CCc2ccccc21. The van der Waals surface area contributed by atoms with Gasteiger partial charge in [-0.25, -0.2) is 0 Å². The molecule has 92 valence electrons. The average Bonchev–Trinajstić information content (AvgIpc) is 2.80. The number of fused-ring (bicyclic) bond motifs is 1. The molecule has 0 radical (unpaired) electrons. The van der Waals surface area contributed by atoms with Crippen molar-refractivity contribution in [2.24, 2.45) is 0 Å². The summed E-state index contributed by atoms with van der Waals surface area (Å²) in [5.74, 6) is 0.233. The van der Waals surface area contributed by atoms with Crippen LogP contribution >= 0.6 is 12.2 Å². The average molecular weight is 257 g/mol. The molecule has 0 fully saturated rings. The Morgan fingerprint density at radius 2 is 2.06 bits per heavy atom. The Kier molecular flexibility index (Phi) is 2.71. The summed E-state index contributed by atoms with van der Waals surface area (Å²) in [6.45, 7) is 1.92. The Bertz CT molecular complexity index is 660. The third-order valence-corrected chi connectivity index (χ3v) is 4.12. The topological polar surface area (TPSA) is 25.2 Å². The number of aromatic hydroxyl groups is 1. The maximum absolute atomic E-state index is 9.97. The number of hydrogen-bond acceptors (Lipinski definition) is 2. The second kappa shape index (κ2) is 4.25. The highest BCUT2D eigenvalue weighted by atomic mass is 32.1. The van der Waals surface area contributed by atoms with Gasteiger partial charge >= 0.3 is 0 Å². The zero-order valence-electron chi connectivity index (χ0n) is 10.3. The van der Waals surface area contributed by atoms with Crippen LogP contribution < -0.4 is 0 Å². The minimum atomic E-state index is 0.233. The van der Waals surface area contributed by atoms with E-state index in [-0.39, 0.29) is 5.75 Å². The van der Waals surface area contributed by atoms with Crippen molar-refractivity contribution in [1.29, 1.82) is 0 Å². The molecule has 0 saturated heterocycles. The lowest BCUT2D eigenvalue weighted by atomic mass is 10.1. The minimum Gasteiger partial charge on any atom is -0.505 e. The lowest BCUT2D eigenvalue weighted by Gasteiger charge is -2.20. The van der Waals surface area contributed by atoms with E-state index in [1.54, 1.807) is 6.07 Å². The summed E-state index contributed by atoms with van der Waals surface area (Å²) in [6.07, 6.45) is 4.18. The van der Waals surface area contributed by atoms with Crippen molar-refractivity contribution in [1.82, 2.24) is 4.57 Å². The normalized spacial score (nSPS) is 17.7. The lowest BCUT2D eigenvalue weighted by molar-refractivity contribution is 0.448. The zero-order chi connectivity index (χ0) is 12.7. The van der Waals surface area contributed by atoms with E-state index in [0.717, 1.165) is 18.5 Å². The largest absolute Gasteiger partial charge is 0.505 e. The van der Waals surface area contributed by atoms with E-state index in [1.807, 2.05) is 13.1 Å². The molecule has 2 aromatic rings. The van der Waals surface area contributed by atoms with E-state index < -0.39 is 0 Å². The molecule has 0 saturated carbocycles. The van der Waals surface area contributed by atoms with Gasteiger partial charge in [-0.2, -0.15) is 0 Å². The summed E-state index contributed by atoms with van der Waals surface area (Å²) in [5.41, 5.74) is 3.63. The lowest BCUT2D eigenvalue weighted by Crippen LogP contribution is -2.10. The summed E-state index contributed by atoms with van der Waals surface area (Å²) in [7, 11) is 0. The van der Waals surface area contributed by atoms with Crippen LogP contribution in [0.1, 0.15) is 29.3 Å². The van der Waals surface area contributed by atoms with Crippen molar-refractivity contribution >= 4 is 12.2 Å². The highest BCUT2D eigenvalue weighted by Crippen LogP contribution is 2.36. The number of hydrogen-bond donors (Lipinski definition) is 1. The molecule has 3 heteroatoms. The van der Waals surface area contributed by atoms with Crippen LogP contribution in [0.15, 0.2) is 36.5 Å². The Morgan fingerprint density at radius 1 is 1.28 bits per heavy atom. The highest BCUT2D eigenvalue weighted by Gasteiger charge is 2.24. The Labute approximate surface area is 112 Å². The van der Waals surface area contributed by atoms with Crippen LogP contribution in [0, 0.1) is 11.4 Å². The quantitative estimate of drug-likeness (QED) is 0.787. The van der Waals surface area contributed by atoms with E-state index >= 15 is 0 Å². The van der Waals surface area contributed by atoms with Gasteiger partial charge in [-0.05, 0) is 37.0 Å². The predicted octanol–water partition coefficient (Wildman–Crippen LogP) is 3.77. The molecule has 1 aliphatic rings. The molecule has 1 heterocycles. The van der Waals surface area contributed by atoms with Crippen LogP contribution in [0.3, 0.4) is 0 Å². The monoisotopic (exact) mass is 257 g/mol. The van der Waals surface area contributed by atoms with Gasteiger partial charge in [0.05, 0.1) is 16.2 Å². The second-order valence-corrected chi connectivity index (χ2v) is 5.21. The maximum atomic E-state index is 9.97. The number of aryl methyl sites for hydroxylation is 1. The number of benzene rings is 1. The number of pyridine rings is 1. The first-order valence-corrected chi connectivity index (χ1v) is 6.58. The third-order valence-electron chi connectivity index (χ3n) is 3.79. The van der Waals surface area contributed by atoms with Gasteiger partial charge < -0.3 is 9.67 Å². The molecule has 3 rings (SSSR count). The fourth-order valence-corrected chi connectivity index (χ4v) is 3.01. The standard InChI is InChI=1S/C15H15NOS/c1-10-15(17)14(18)8-9-16(10)13-7-6-11-4-2-3-5-12(11)13/h2-5,8-9,13,17H,6-7H2,1H3. The molecular weight excluding hydrogens is 242 g/mol. The molecule has 1 N–H and O–H groups in total. The molecule has 0 aliphatic heterocycles. The van der Waals surface area contributed by atoms with Crippen molar-refractivity contribution in [2.45, 2.75) is 25.8 Å². The Balaban J connectivity index is 2.14. The summed E-state index contributed by atoms with van der Waals surface area (Å²) in [5, 5.41) is 9.97. The van der Waals surface area contributed by atoms with Crippen molar-refractivity contribution in [3.63, 3.8) is 0 Å². The van der Waals surface area contributed by atoms with Gasteiger partial charge in [0.15, 0.2) is 5.75 Å². The number of nitrogens with zero attached hydrogens (tertiary/aromatic N) is 1. The molecule has 1 unspecified atom stereocenters. The van der Waals surface area contributed by atoms with Crippen LogP contribution in [0.4, 0.5) is 0 Å². The fourth-order valence-electron chi connectivity index (χ4n) is 2.80. The molecule has 0 bridgehead atoms. The molecule has 1 aliphatic carbocycles. The predicted molar refractivity (Wildman–Crippen MR) is 74.6 cm³/mol. The smallest absolute Gasteiger partial charge is 0.152 e. The van der Waals surface area contributed by atoms with Crippen molar-refractivity contribution in [3.8, 4) is 5.75 Å². The van der Waals surface area contributed by atoms with E-state index in [9.17, 15) is 5.11 Å². The van der Waals surface area contributed by atoms with Gasteiger partial charge in [0.25, 0.3) is 0 Å². The van der Waals surface area contributed by atoms with Gasteiger partial charge in [-0.1, -0.05) is 36.5 Å². The molecule has 1 atom stereocenters. The maximum Gasteiger partial charge on any atom is 0.152 e. The number of aromatic nitrogens is 1. The van der Waals surface area contributed by atoms with Gasteiger partial charge in [0, 0.05) is 6.20 Å². The second-order valence-electron chi connectivity index (χ2n) is 4.77. The summed E-state index contributed by atoms with van der Waals surface area (Å²) < 4.78 is 2.66. The fraction of sp³-hybridized carbons (Fsp3) is 0.267.